The Morgan fingerprint density at radius 2 is 1.46 bits per heavy atom. The topological polar surface area (TPSA) is 30.7 Å². The molecule has 184 valence electrons. The Morgan fingerprint density at radius 3 is 2.31 bits per heavy atom. The lowest BCUT2D eigenvalue weighted by atomic mass is 9.98. The molecule has 7 aromatic rings. The highest BCUT2D eigenvalue weighted by molar-refractivity contribution is 6.17. The average Bonchev–Trinajstić information content (AvgIpc) is 3.53. The molecule has 3 nitrogen and oxygen atoms in total. The van der Waals surface area contributed by atoms with E-state index in [4.69, 9.17) is 9.97 Å². The predicted molar refractivity (Wildman–Crippen MR) is 160 cm³/mol. The van der Waals surface area contributed by atoms with E-state index in [1.165, 1.54) is 38.5 Å². The van der Waals surface area contributed by atoms with E-state index in [0.29, 0.717) is 0 Å². The maximum Gasteiger partial charge on any atom is 0.137 e. The van der Waals surface area contributed by atoms with E-state index in [1.807, 2.05) is 12.3 Å². The van der Waals surface area contributed by atoms with Gasteiger partial charge in [-0.3, -0.25) is 4.57 Å². The fourth-order valence-electron chi connectivity index (χ4n) is 6.09. The molecule has 0 saturated carbocycles. The van der Waals surface area contributed by atoms with Crippen molar-refractivity contribution in [3.05, 3.63) is 138 Å². The molecular formula is C36H25N3. The summed E-state index contributed by atoms with van der Waals surface area (Å²) in [7, 11) is 0. The first kappa shape index (κ1) is 22.0. The molecule has 0 amide bonds. The van der Waals surface area contributed by atoms with E-state index < -0.39 is 0 Å². The van der Waals surface area contributed by atoms with Gasteiger partial charge in [-0.15, -0.1) is 0 Å². The van der Waals surface area contributed by atoms with Crippen LogP contribution in [0.25, 0.3) is 61.3 Å². The van der Waals surface area contributed by atoms with Crippen molar-refractivity contribution in [1.29, 1.82) is 0 Å². The zero-order valence-electron chi connectivity index (χ0n) is 21.6. The van der Waals surface area contributed by atoms with E-state index in [-0.39, 0.29) is 0 Å². The van der Waals surface area contributed by atoms with Gasteiger partial charge in [0.1, 0.15) is 5.82 Å². The Hall–Kier alpha value is -5.02. The number of aromatic nitrogens is 3. The van der Waals surface area contributed by atoms with Crippen molar-refractivity contribution < 1.29 is 0 Å². The summed E-state index contributed by atoms with van der Waals surface area (Å²) in [6, 6.07) is 41.0. The zero-order chi connectivity index (χ0) is 25.9. The molecule has 0 N–H and O–H groups in total. The van der Waals surface area contributed by atoms with Crippen molar-refractivity contribution in [3.63, 3.8) is 0 Å². The second-order valence-electron chi connectivity index (χ2n) is 10.4. The Morgan fingerprint density at radius 1 is 0.641 bits per heavy atom. The van der Waals surface area contributed by atoms with Crippen LogP contribution in [0.2, 0.25) is 0 Å². The third kappa shape index (κ3) is 3.44. The number of pyridine rings is 2. The molecular weight excluding hydrogens is 474 g/mol. The van der Waals surface area contributed by atoms with Crippen molar-refractivity contribution in [2.45, 2.75) is 13.3 Å². The first-order chi connectivity index (χ1) is 19.2. The minimum absolute atomic E-state index is 0.926. The lowest BCUT2D eigenvalue weighted by molar-refractivity contribution is 1.07. The summed E-state index contributed by atoms with van der Waals surface area (Å²) < 4.78 is 2.32. The van der Waals surface area contributed by atoms with Crippen molar-refractivity contribution in [2.24, 2.45) is 0 Å². The summed E-state index contributed by atoms with van der Waals surface area (Å²) >= 11 is 0. The summed E-state index contributed by atoms with van der Waals surface area (Å²) in [5.74, 6) is 0.926. The van der Waals surface area contributed by atoms with Gasteiger partial charge in [-0.2, -0.15) is 0 Å². The third-order valence-electron chi connectivity index (χ3n) is 7.93. The summed E-state index contributed by atoms with van der Waals surface area (Å²) in [5, 5.41) is 2.54. The molecule has 0 aliphatic heterocycles. The highest BCUT2D eigenvalue weighted by Gasteiger charge is 2.25. The van der Waals surface area contributed by atoms with Crippen molar-refractivity contribution >= 4 is 21.8 Å². The van der Waals surface area contributed by atoms with Crippen LogP contribution in [0.3, 0.4) is 0 Å². The van der Waals surface area contributed by atoms with Crippen molar-refractivity contribution in [3.8, 4) is 39.5 Å². The van der Waals surface area contributed by atoms with E-state index in [9.17, 15) is 0 Å². The second-order valence-corrected chi connectivity index (χ2v) is 10.4. The SMILES string of the molecule is Cc1ccc(-n2c3cc(-c4cccc(-c5ccccc5)n4)ccc3c3c4c(ccc32)Cc2ccccc2-4)nc1. The monoisotopic (exact) mass is 499 g/mol. The van der Waals surface area contributed by atoms with Crippen LogP contribution in [-0.4, -0.2) is 14.5 Å². The number of hydrogen-bond donors (Lipinski definition) is 0. The lowest BCUT2D eigenvalue weighted by Crippen LogP contribution is -1.97. The smallest absolute Gasteiger partial charge is 0.137 e. The van der Waals surface area contributed by atoms with Crippen molar-refractivity contribution in [2.75, 3.05) is 0 Å². The third-order valence-corrected chi connectivity index (χ3v) is 7.93. The normalized spacial score (nSPS) is 12.1. The number of aryl methyl sites for hydroxylation is 1. The maximum absolute atomic E-state index is 5.05. The van der Waals surface area contributed by atoms with Crippen LogP contribution in [-0.2, 0) is 6.42 Å². The first-order valence-electron chi connectivity index (χ1n) is 13.4. The van der Waals surface area contributed by atoms with Crippen LogP contribution < -0.4 is 0 Å². The van der Waals surface area contributed by atoms with E-state index in [2.05, 4.69) is 121 Å². The molecule has 1 aliphatic rings. The first-order valence-corrected chi connectivity index (χ1v) is 13.4. The molecule has 3 heterocycles. The van der Waals surface area contributed by atoms with Crippen LogP contribution in [0, 0.1) is 6.92 Å². The molecule has 0 atom stereocenters. The minimum Gasteiger partial charge on any atom is -0.294 e. The molecule has 0 unspecified atom stereocenters. The molecule has 4 aromatic carbocycles. The van der Waals surface area contributed by atoms with Gasteiger partial charge in [-0.1, -0.05) is 84.9 Å². The molecule has 8 rings (SSSR count). The van der Waals surface area contributed by atoms with Crippen molar-refractivity contribution in [1.82, 2.24) is 14.5 Å². The number of hydrogen-bond acceptors (Lipinski definition) is 2. The molecule has 0 fully saturated rings. The number of fused-ring (bicyclic) bond motifs is 7. The highest BCUT2D eigenvalue weighted by Crippen LogP contribution is 2.46. The minimum atomic E-state index is 0.926. The molecule has 0 saturated heterocycles. The van der Waals surface area contributed by atoms with Gasteiger partial charge in [0.2, 0.25) is 0 Å². The van der Waals surface area contributed by atoms with Crippen LogP contribution in [0.4, 0.5) is 0 Å². The predicted octanol–water partition coefficient (Wildman–Crippen LogP) is 8.79. The van der Waals surface area contributed by atoms with Gasteiger partial charge in [0.05, 0.1) is 22.4 Å². The van der Waals surface area contributed by atoms with Gasteiger partial charge >= 0.3 is 0 Å². The summed E-state index contributed by atoms with van der Waals surface area (Å²) in [6.45, 7) is 2.08. The standard InChI is InChI=1S/C36H25N3/c1-23-14-19-34(37-22-23)39-32-18-16-27-20-25-10-5-6-11-28(25)35(27)36(32)29-17-15-26(21-33(29)39)31-13-7-12-30(38-31)24-8-3-2-4-9-24/h2-19,21-22H,20H2,1H3. The fraction of sp³-hybridized carbons (Fsp3) is 0.0556. The van der Waals surface area contributed by atoms with E-state index >= 15 is 0 Å². The lowest BCUT2D eigenvalue weighted by Gasteiger charge is -2.09. The van der Waals surface area contributed by atoms with Gasteiger partial charge in [0, 0.05) is 28.1 Å². The van der Waals surface area contributed by atoms with E-state index in [1.54, 1.807) is 0 Å². The van der Waals surface area contributed by atoms with E-state index in [0.717, 1.165) is 45.8 Å². The Kier molecular flexibility index (Phi) is 4.80. The number of benzene rings is 4. The summed E-state index contributed by atoms with van der Waals surface area (Å²) in [4.78, 5) is 9.91. The zero-order valence-corrected chi connectivity index (χ0v) is 21.6. The van der Waals surface area contributed by atoms with Crippen LogP contribution in [0.15, 0.2) is 121 Å². The van der Waals surface area contributed by atoms with Crippen LogP contribution in [0.1, 0.15) is 16.7 Å². The number of nitrogens with zero attached hydrogens (tertiary/aromatic N) is 3. The number of rotatable bonds is 3. The van der Waals surface area contributed by atoms with Crippen LogP contribution >= 0.6 is 0 Å². The maximum atomic E-state index is 5.05. The largest absolute Gasteiger partial charge is 0.294 e. The van der Waals surface area contributed by atoms with Gasteiger partial charge in [-0.25, -0.2) is 9.97 Å². The Bertz CT molecular complexity index is 2030. The van der Waals surface area contributed by atoms with Gasteiger partial charge in [0.15, 0.2) is 0 Å². The molecule has 3 heteroatoms. The Balaban J connectivity index is 1.41. The van der Waals surface area contributed by atoms with Gasteiger partial charge in [0.25, 0.3) is 0 Å². The summed E-state index contributed by atoms with van der Waals surface area (Å²) in [5.41, 5.74) is 13.1. The molecule has 0 radical (unpaired) electrons. The van der Waals surface area contributed by atoms with Gasteiger partial charge in [-0.05, 0) is 71.5 Å². The highest BCUT2D eigenvalue weighted by atomic mass is 15.1. The second kappa shape index (κ2) is 8.50. The van der Waals surface area contributed by atoms with Gasteiger partial charge < -0.3 is 0 Å². The molecule has 0 spiro atoms. The summed E-state index contributed by atoms with van der Waals surface area (Å²) in [6.07, 6.45) is 2.93. The molecule has 0 bridgehead atoms. The quantitative estimate of drug-likeness (QED) is 0.243. The molecule has 1 aliphatic carbocycles. The fourth-order valence-corrected chi connectivity index (χ4v) is 6.09. The van der Waals surface area contributed by atoms with Crippen LogP contribution in [0.5, 0.6) is 0 Å². The Labute approximate surface area is 227 Å². The average molecular weight is 500 g/mol. The molecule has 3 aromatic heterocycles. The molecule has 39 heavy (non-hydrogen) atoms.